The molecule has 2 fully saturated rings. The number of nitrogens with zero attached hydrogens (tertiary/aromatic N) is 1. The maximum Gasteiger partial charge on any atom is 0.324 e. The highest BCUT2D eigenvalue weighted by atomic mass is 16.2. The monoisotopic (exact) mass is 233 g/mol. The Hall–Kier alpha value is -1.50. The van der Waals surface area contributed by atoms with Crippen LogP contribution in [0.1, 0.15) is 39.5 Å². The molecule has 4 heteroatoms. The fourth-order valence-corrected chi connectivity index (χ4v) is 2.79. The zero-order chi connectivity index (χ0) is 12.7. The molecule has 0 aromatic carbocycles. The van der Waals surface area contributed by atoms with Gasteiger partial charge in [0.2, 0.25) is 0 Å². The highest BCUT2D eigenvalue weighted by Gasteiger charge is 2.52. The average Bonchev–Trinajstić information content (AvgIpc) is 2.47. The van der Waals surface area contributed by atoms with Gasteiger partial charge in [0, 0.05) is 0 Å². The predicted molar refractivity (Wildman–Crippen MR) is 66.8 cm³/mol. The summed E-state index contributed by atoms with van der Waals surface area (Å²) in [7, 11) is 0. The van der Waals surface area contributed by atoms with E-state index in [1.807, 2.05) is 0 Å². The van der Waals surface area contributed by atoms with Crippen LogP contribution in [0.15, 0.2) is 0 Å². The lowest BCUT2D eigenvalue weighted by molar-refractivity contribution is 0.110. The molecule has 2 amide bonds. The molecule has 1 aliphatic carbocycles. The summed E-state index contributed by atoms with van der Waals surface area (Å²) in [6.45, 7) is 4.76. The maximum absolute atomic E-state index is 11.8. The van der Waals surface area contributed by atoms with Gasteiger partial charge in [0.15, 0.2) is 0 Å². The van der Waals surface area contributed by atoms with Crippen molar-refractivity contribution in [3.05, 3.63) is 0 Å². The first-order valence-electron chi connectivity index (χ1n) is 6.02. The van der Waals surface area contributed by atoms with Crippen molar-refractivity contribution in [1.82, 2.24) is 10.2 Å². The van der Waals surface area contributed by atoms with Gasteiger partial charge in [-0.05, 0) is 31.1 Å². The van der Waals surface area contributed by atoms with Gasteiger partial charge in [-0.15, -0.1) is 6.42 Å². The second kappa shape index (κ2) is 3.76. The van der Waals surface area contributed by atoms with Gasteiger partial charge in [0.25, 0.3) is 0 Å². The summed E-state index contributed by atoms with van der Waals surface area (Å²) in [5.74, 6) is 2.85. The van der Waals surface area contributed by atoms with Crippen molar-refractivity contribution in [3.8, 4) is 12.3 Å². The Balaban J connectivity index is 2.26. The molecule has 1 spiro atoms. The summed E-state index contributed by atoms with van der Waals surface area (Å²) >= 11 is 0. The molecule has 92 valence electrons. The number of carbonyl (C=O) groups is 1. The Morgan fingerprint density at radius 1 is 1.41 bits per heavy atom. The van der Waals surface area contributed by atoms with Crippen molar-refractivity contribution >= 4 is 11.9 Å². The number of carbonyl (C=O) groups excluding carboxylic acids is 1. The van der Waals surface area contributed by atoms with E-state index >= 15 is 0 Å². The fraction of sp³-hybridized carbons (Fsp3) is 0.692. The van der Waals surface area contributed by atoms with Crippen molar-refractivity contribution < 1.29 is 4.79 Å². The SMILES string of the molecule is C#CCN1C(=O)NC(=N)C12CCC(C)(C)CC2. The second-order valence-electron chi connectivity index (χ2n) is 5.79. The number of amides is 2. The molecule has 0 aromatic heterocycles. The van der Waals surface area contributed by atoms with Gasteiger partial charge in [-0.2, -0.15) is 0 Å². The zero-order valence-electron chi connectivity index (χ0n) is 10.5. The highest BCUT2D eigenvalue weighted by Crippen LogP contribution is 2.44. The molecule has 2 N–H and O–H groups in total. The summed E-state index contributed by atoms with van der Waals surface area (Å²) < 4.78 is 0. The van der Waals surface area contributed by atoms with Crippen LogP contribution in [0.5, 0.6) is 0 Å². The van der Waals surface area contributed by atoms with Gasteiger partial charge in [0.05, 0.1) is 6.54 Å². The molecule has 0 atom stereocenters. The van der Waals surface area contributed by atoms with Crippen molar-refractivity contribution in [3.63, 3.8) is 0 Å². The lowest BCUT2D eigenvalue weighted by Gasteiger charge is -2.44. The van der Waals surface area contributed by atoms with Crippen LogP contribution in [0, 0.1) is 23.2 Å². The van der Waals surface area contributed by atoms with Crippen LogP contribution < -0.4 is 5.32 Å². The molecule has 0 unspecified atom stereocenters. The molecule has 2 rings (SSSR count). The Labute approximate surface area is 102 Å². The van der Waals surface area contributed by atoms with E-state index in [4.69, 9.17) is 11.8 Å². The molecule has 4 nitrogen and oxygen atoms in total. The predicted octanol–water partition coefficient (Wildman–Crippen LogP) is 1.96. The first kappa shape index (κ1) is 12.0. The lowest BCUT2D eigenvalue weighted by Crippen LogP contribution is -2.52. The highest BCUT2D eigenvalue weighted by molar-refractivity contribution is 6.08. The summed E-state index contributed by atoms with van der Waals surface area (Å²) in [5, 5.41) is 10.6. The van der Waals surface area contributed by atoms with E-state index in [-0.39, 0.29) is 12.6 Å². The fourth-order valence-electron chi connectivity index (χ4n) is 2.79. The molecule has 17 heavy (non-hydrogen) atoms. The number of nitrogens with one attached hydrogen (secondary N) is 2. The zero-order valence-corrected chi connectivity index (χ0v) is 10.5. The minimum Gasteiger partial charge on any atom is -0.301 e. The van der Waals surface area contributed by atoms with Crippen molar-refractivity contribution in [1.29, 1.82) is 5.41 Å². The quantitative estimate of drug-likeness (QED) is 0.668. The van der Waals surface area contributed by atoms with Gasteiger partial charge in [-0.25, -0.2) is 4.79 Å². The lowest BCUT2D eigenvalue weighted by atomic mass is 9.68. The van der Waals surface area contributed by atoms with Crippen molar-refractivity contribution in [2.75, 3.05) is 6.54 Å². The minimum atomic E-state index is -0.459. The first-order valence-corrected chi connectivity index (χ1v) is 6.02. The number of amidine groups is 1. The van der Waals surface area contributed by atoms with Gasteiger partial charge in [-0.1, -0.05) is 19.8 Å². The number of urea groups is 1. The number of hydrogen-bond acceptors (Lipinski definition) is 2. The summed E-state index contributed by atoms with van der Waals surface area (Å²) in [6, 6.07) is -0.215. The molecular weight excluding hydrogens is 214 g/mol. The average molecular weight is 233 g/mol. The van der Waals surface area contributed by atoms with Gasteiger partial charge < -0.3 is 4.90 Å². The third-order valence-corrected chi connectivity index (χ3v) is 4.14. The Morgan fingerprint density at radius 3 is 2.53 bits per heavy atom. The van der Waals surface area contributed by atoms with Crippen LogP contribution in [-0.4, -0.2) is 28.9 Å². The van der Waals surface area contributed by atoms with E-state index in [2.05, 4.69) is 25.1 Å². The van der Waals surface area contributed by atoms with E-state index in [1.165, 1.54) is 0 Å². The maximum atomic E-state index is 11.8. The molecule has 0 radical (unpaired) electrons. The van der Waals surface area contributed by atoms with Gasteiger partial charge >= 0.3 is 6.03 Å². The minimum absolute atomic E-state index is 0.215. The van der Waals surface area contributed by atoms with E-state index in [1.54, 1.807) is 4.90 Å². The van der Waals surface area contributed by atoms with Crippen molar-refractivity contribution in [2.24, 2.45) is 5.41 Å². The molecule has 0 bridgehead atoms. The van der Waals surface area contributed by atoms with Crippen LogP contribution >= 0.6 is 0 Å². The molecule has 1 saturated carbocycles. The van der Waals surface area contributed by atoms with Gasteiger partial charge in [-0.3, -0.25) is 10.7 Å². The van der Waals surface area contributed by atoms with Crippen LogP contribution in [0.3, 0.4) is 0 Å². The Morgan fingerprint density at radius 2 is 2.00 bits per heavy atom. The Kier molecular flexibility index (Phi) is 2.65. The van der Waals surface area contributed by atoms with Crippen molar-refractivity contribution in [2.45, 2.75) is 45.1 Å². The number of hydrogen-bond donors (Lipinski definition) is 2. The van der Waals surface area contributed by atoms with Gasteiger partial charge in [0.1, 0.15) is 11.4 Å². The van der Waals surface area contributed by atoms with Crippen LogP contribution in [-0.2, 0) is 0 Å². The smallest absolute Gasteiger partial charge is 0.301 e. The molecular formula is C13H19N3O. The van der Waals surface area contributed by atoms with Crippen LogP contribution in [0.25, 0.3) is 0 Å². The largest absolute Gasteiger partial charge is 0.324 e. The molecule has 1 saturated heterocycles. The van der Waals surface area contributed by atoms with Crippen LogP contribution in [0.2, 0.25) is 0 Å². The molecule has 1 aliphatic heterocycles. The molecule has 2 aliphatic rings. The second-order valence-corrected chi connectivity index (χ2v) is 5.79. The number of rotatable bonds is 1. The topological polar surface area (TPSA) is 56.2 Å². The van der Waals surface area contributed by atoms with E-state index in [9.17, 15) is 4.79 Å². The van der Waals surface area contributed by atoms with E-state index in [0.717, 1.165) is 25.7 Å². The van der Waals surface area contributed by atoms with E-state index < -0.39 is 5.54 Å². The van der Waals surface area contributed by atoms with Crippen LogP contribution in [0.4, 0.5) is 4.79 Å². The summed E-state index contributed by atoms with van der Waals surface area (Å²) in [6.07, 6.45) is 9.02. The first-order chi connectivity index (χ1) is 7.91. The third kappa shape index (κ3) is 1.80. The number of terminal acetylenes is 1. The molecule has 1 heterocycles. The van der Waals surface area contributed by atoms with E-state index in [0.29, 0.717) is 11.3 Å². The Bertz CT molecular complexity index is 395. The molecule has 0 aromatic rings. The summed E-state index contributed by atoms with van der Waals surface area (Å²) in [4.78, 5) is 13.4. The normalized spacial score (nSPS) is 25.8. The third-order valence-electron chi connectivity index (χ3n) is 4.14. The summed E-state index contributed by atoms with van der Waals surface area (Å²) in [5.41, 5.74) is -0.155. The standard InChI is InChI=1S/C13H19N3O/c1-4-9-16-11(17)15-10(14)13(16)7-5-12(2,3)6-8-13/h1H,5-9H2,2-3H3,(H2,14,15,17).